The van der Waals surface area contributed by atoms with Crippen LogP contribution >= 0.6 is 0 Å². The topological polar surface area (TPSA) is 55.6 Å². The van der Waals surface area contributed by atoms with Crippen LogP contribution < -0.4 is 10.5 Å². The number of benzene rings is 1. The van der Waals surface area contributed by atoms with Crippen molar-refractivity contribution in [2.45, 2.75) is 26.7 Å². The molecule has 2 N–H and O–H groups in total. The summed E-state index contributed by atoms with van der Waals surface area (Å²) in [6.07, 6.45) is 2.21. The maximum atomic E-state index is 11.9. The minimum atomic E-state index is 0.0707. The van der Waals surface area contributed by atoms with Gasteiger partial charge in [-0.25, -0.2) is 0 Å². The van der Waals surface area contributed by atoms with Crippen LogP contribution in [0.2, 0.25) is 0 Å². The van der Waals surface area contributed by atoms with Gasteiger partial charge in [0, 0.05) is 18.8 Å². The normalized spacial score (nSPS) is 14.9. The highest BCUT2D eigenvalue weighted by molar-refractivity contribution is 5.78. The largest absolute Gasteiger partial charge is 0.483 e. The number of ether oxygens (including phenoxy) is 1. The number of nitrogens with two attached hydrogens (primary N) is 1. The van der Waals surface area contributed by atoms with E-state index < -0.39 is 0 Å². The van der Waals surface area contributed by atoms with Crippen LogP contribution in [-0.4, -0.2) is 30.5 Å². The Labute approximate surface area is 108 Å². The second-order valence-electron chi connectivity index (χ2n) is 4.85. The summed E-state index contributed by atoms with van der Waals surface area (Å²) in [5.41, 5.74) is 8.51. The molecule has 1 aliphatic rings. The van der Waals surface area contributed by atoms with Gasteiger partial charge in [-0.1, -0.05) is 0 Å². The van der Waals surface area contributed by atoms with Gasteiger partial charge in [-0.15, -0.1) is 0 Å². The Morgan fingerprint density at radius 3 is 2.61 bits per heavy atom. The first-order chi connectivity index (χ1) is 8.58. The Morgan fingerprint density at radius 2 is 1.94 bits per heavy atom. The SMILES string of the molecule is Cc1cc(OCC(=O)N2CCCC2)c(C)cc1N. The van der Waals surface area contributed by atoms with Crippen molar-refractivity contribution >= 4 is 11.6 Å². The summed E-state index contributed by atoms with van der Waals surface area (Å²) in [6.45, 7) is 5.71. The van der Waals surface area contributed by atoms with Crippen LogP contribution in [0.4, 0.5) is 5.69 Å². The van der Waals surface area contributed by atoms with Crippen molar-refractivity contribution in [2.75, 3.05) is 25.4 Å². The molecule has 4 heteroatoms. The molecule has 0 radical (unpaired) electrons. The van der Waals surface area contributed by atoms with E-state index in [0.717, 1.165) is 48.5 Å². The fraction of sp³-hybridized carbons (Fsp3) is 0.500. The molecule has 1 aromatic rings. The zero-order chi connectivity index (χ0) is 13.1. The predicted molar refractivity (Wildman–Crippen MR) is 71.6 cm³/mol. The van der Waals surface area contributed by atoms with Crippen molar-refractivity contribution in [1.82, 2.24) is 4.90 Å². The molecule has 0 unspecified atom stereocenters. The third kappa shape index (κ3) is 2.75. The molecule has 0 aliphatic carbocycles. The lowest BCUT2D eigenvalue weighted by atomic mass is 10.1. The van der Waals surface area contributed by atoms with Crippen LogP contribution in [0.1, 0.15) is 24.0 Å². The second kappa shape index (κ2) is 5.29. The molecule has 2 rings (SSSR count). The van der Waals surface area contributed by atoms with Gasteiger partial charge in [0.15, 0.2) is 6.61 Å². The summed E-state index contributed by atoms with van der Waals surface area (Å²) >= 11 is 0. The molecule has 4 nitrogen and oxygen atoms in total. The molecular formula is C14H20N2O2. The van der Waals surface area contributed by atoms with Crippen LogP contribution in [0.5, 0.6) is 5.75 Å². The Morgan fingerprint density at radius 1 is 1.28 bits per heavy atom. The fourth-order valence-electron chi connectivity index (χ4n) is 2.16. The van der Waals surface area contributed by atoms with E-state index in [0.29, 0.717) is 0 Å². The number of anilines is 1. The Hall–Kier alpha value is -1.71. The molecule has 1 saturated heterocycles. The monoisotopic (exact) mass is 248 g/mol. The average Bonchev–Trinajstić information content (AvgIpc) is 2.85. The van der Waals surface area contributed by atoms with Gasteiger partial charge >= 0.3 is 0 Å². The van der Waals surface area contributed by atoms with Crippen molar-refractivity contribution in [3.8, 4) is 5.75 Å². The highest BCUT2D eigenvalue weighted by Gasteiger charge is 2.18. The highest BCUT2D eigenvalue weighted by atomic mass is 16.5. The number of nitrogen functional groups attached to an aromatic ring is 1. The van der Waals surface area contributed by atoms with Gasteiger partial charge < -0.3 is 15.4 Å². The lowest BCUT2D eigenvalue weighted by molar-refractivity contribution is -0.132. The molecule has 0 bridgehead atoms. The summed E-state index contributed by atoms with van der Waals surface area (Å²) in [6, 6.07) is 3.77. The number of carbonyl (C=O) groups is 1. The Kier molecular flexibility index (Phi) is 3.75. The molecule has 0 spiro atoms. The zero-order valence-electron chi connectivity index (χ0n) is 11.0. The van der Waals surface area contributed by atoms with Gasteiger partial charge in [0.05, 0.1) is 0 Å². The summed E-state index contributed by atoms with van der Waals surface area (Å²) in [5, 5.41) is 0. The number of aryl methyl sites for hydroxylation is 2. The molecule has 1 aliphatic heterocycles. The zero-order valence-corrected chi connectivity index (χ0v) is 11.0. The molecule has 98 valence electrons. The van der Waals surface area contributed by atoms with Crippen molar-refractivity contribution in [3.05, 3.63) is 23.3 Å². The summed E-state index contributed by atoms with van der Waals surface area (Å²) in [4.78, 5) is 13.7. The van der Waals surface area contributed by atoms with E-state index in [1.165, 1.54) is 0 Å². The van der Waals surface area contributed by atoms with Gasteiger partial charge in [0.2, 0.25) is 0 Å². The third-order valence-corrected chi connectivity index (χ3v) is 3.37. The van der Waals surface area contributed by atoms with E-state index in [2.05, 4.69) is 0 Å². The maximum Gasteiger partial charge on any atom is 0.260 e. The van der Waals surface area contributed by atoms with Crippen molar-refractivity contribution in [1.29, 1.82) is 0 Å². The number of nitrogens with zero attached hydrogens (tertiary/aromatic N) is 1. The Balaban J connectivity index is 1.97. The van der Waals surface area contributed by atoms with Gasteiger partial charge in [-0.3, -0.25) is 4.79 Å². The Bertz CT molecular complexity index is 451. The van der Waals surface area contributed by atoms with Crippen LogP contribution in [0.15, 0.2) is 12.1 Å². The minimum Gasteiger partial charge on any atom is -0.483 e. The van der Waals surface area contributed by atoms with Crippen LogP contribution in [0.25, 0.3) is 0 Å². The molecule has 1 aromatic carbocycles. The molecule has 0 saturated carbocycles. The van der Waals surface area contributed by atoms with E-state index in [9.17, 15) is 4.79 Å². The number of carbonyl (C=O) groups excluding carboxylic acids is 1. The van der Waals surface area contributed by atoms with Crippen LogP contribution in [0.3, 0.4) is 0 Å². The number of amides is 1. The molecule has 0 atom stereocenters. The first-order valence-corrected chi connectivity index (χ1v) is 6.35. The van der Waals surface area contributed by atoms with E-state index in [-0.39, 0.29) is 12.5 Å². The van der Waals surface area contributed by atoms with Crippen LogP contribution in [-0.2, 0) is 4.79 Å². The molecule has 0 aromatic heterocycles. The maximum absolute atomic E-state index is 11.9. The van der Waals surface area contributed by atoms with Crippen molar-refractivity contribution < 1.29 is 9.53 Å². The lowest BCUT2D eigenvalue weighted by Gasteiger charge is -2.16. The first-order valence-electron chi connectivity index (χ1n) is 6.35. The summed E-state index contributed by atoms with van der Waals surface area (Å²) < 4.78 is 5.60. The van der Waals surface area contributed by atoms with E-state index in [1.54, 1.807) is 0 Å². The number of likely N-dealkylation sites (tertiary alicyclic amines) is 1. The molecular weight excluding hydrogens is 228 g/mol. The highest BCUT2D eigenvalue weighted by Crippen LogP contribution is 2.24. The van der Waals surface area contributed by atoms with Crippen molar-refractivity contribution in [3.63, 3.8) is 0 Å². The quantitative estimate of drug-likeness (QED) is 0.831. The number of hydrogen-bond donors (Lipinski definition) is 1. The smallest absolute Gasteiger partial charge is 0.260 e. The van der Waals surface area contributed by atoms with Crippen LogP contribution in [0, 0.1) is 13.8 Å². The molecule has 1 heterocycles. The molecule has 18 heavy (non-hydrogen) atoms. The first kappa shape index (κ1) is 12.7. The average molecular weight is 248 g/mol. The van der Waals surface area contributed by atoms with E-state index in [4.69, 9.17) is 10.5 Å². The predicted octanol–water partition coefficient (Wildman–Crippen LogP) is 1.89. The van der Waals surface area contributed by atoms with Gasteiger partial charge in [0.1, 0.15) is 5.75 Å². The molecule has 1 fully saturated rings. The van der Waals surface area contributed by atoms with Gasteiger partial charge in [0.25, 0.3) is 5.91 Å². The van der Waals surface area contributed by atoms with E-state index >= 15 is 0 Å². The number of rotatable bonds is 3. The van der Waals surface area contributed by atoms with E-state index in [1.807, 2.05) is 30.9 Å². The molecule has 1 amide bonds. The summed E-state index contributed by atoms with van der Waals surface area (Å²) in [7, 11) is 0. The minimum absolute atomic E-state index is 0.0707. The van der Waals surface area contributed by atoms with Crippen molar-refractivity contribution in [2.24, 2.45) is 0 Å². The third-order valence-electron chi connectivity index (χ3n) is 3.37. The van der Waals surface area contributed by atoms with Gasteiger partial charge in [-0.05, 0) is 49.9 Å². The summed E-state index contributed by atoms with van der Waals surface area (Å²) in [5.74, 6) is 0.815. The lowest BCUT2D eigenvalue weighted by Crippen LogP contribution is -2.32. The fourth-order valence-corrected chi connectivity index (χ4v) is 2.16. The standard InChI is InChI=1S/C14H20N2O2/c1-10-8-13(11(2)7-12(10)15)18-9-14(17)16-5-3-4-6-16/h7-8H,3-6,9,15H2,1-2H3. The second-order valence-corrected chi connectivity index (χ2v) is 4.85. The van der Waals surface area contributed by atoms with Gasteiger partial charge in [-0.2, -0.15) is 0 Å². The number of hydrogen-bond acceptors (Lipinski definition) is 3.